The fourth-order valence-electron chi connectivity index (χ4n) is 5.63. The number of aromatic nitrogens is 2. The van der Waals surface area contributed by atoms with Gasteiger partial charge in [0.25, 0.3) is 5.91 Å². The number of likely N-dealkylation sites (N-methyl/N-ethyl adjacent to an activating group) is 2. The highest BCUT2D eigenvalue weighted by Gasteiger charge is 2.40. The number of amides is 1. The van der Waals surface area contributed by atoms with Gasteiger partial charge in [0.2, 0.25) is 0 Å². The molecule has 0 spiro atoms. The van der Waals surface area contributed by atoms with Crippen molar-refractivity contribution in [2.24, 2.45) is 0 Å². The van der Waals surface area contributed by atoms with E-state index in [2.05, 4.69) is 30.8 Å². The lowest BCUT2D eigenvalue weighted by Crippen LogP contribution is -2.36. The minimum atomic E-state index is -4.50. The minimum absolute atomic E-state index is 0.0290. The largest absolute Gasteiger partial charge is 0.451 e. The first-order valence-corrected chi connectivity index (χ1v) is 16.7. The molecule has 254 valence electrons. The Morgan fingerprint density at radius 3 is 2.45 bits per heavy atom. The van der Waals surface area contributed by atoms with Gasteiger partial charge in [0, 0.05) is 69.8 Å². The number of anilines is 3. The molecule has 1 saturated heterocycles. The van der Waals surface area contributed by atoms with E-state index in [0.29, 0.717) is 37.1 Å². The topological polar surface area (TPSA) is 147 Å². The molecule has 1 fully saturated rings. The Labute approximate surface area is 272 Å². The molecular weight excluding hydrogens is 636 g/mol. The molecule has 2 aliphatic heterocycles. The Morgan fingerprint density at radius 2 is 1.79 bits per heavy atom. The molecule has 1 unspecified atom stereocenters. The standard InChI is InChI=1S/C31H39F2N7O6S/c1-38(2)11-12-39(3)22-5-6-24(25(18-22)35-21-8-13-46-14-9-21)29(41)36-28-27-26(40(37-28)31(42)45-4)7-10-34-30(27)47(43,44)23-16-19(32)15-20(33)17-23/h5-6,15-18,21,30,34-35H,7-14H2,1-4H3,(H,36,37,41). The third kappa shape index (κ3) is 7.56. The molecule has 3 aromatic rings. The van der Waals surface area contributed by atoms with Crippen molar-refractivity contribution >= 4 is 39.0 Å². The van der Waals surface area contributed by atoms with Crippen molar-refractivity contribution in [2.45, 2.75) is 35.6 Å². The zero-order valence-corrected chi connectivity index (χ0v) is 27.5. The van der Waals surface area contributed by atoms with E-state index in [1.807, 2.05) is 33.3 Å². The summed E-state index contributed by atoms with van der Waals surface area (Å²) in [4.78, 5) is 30.2. The first-order chi connectivity index (χ1) is 22.4. The maximum Gasteiger partial charge on any atom is 0.434 e. The fraction of sp³-hybridized carbons (Fsp3) is 0.452. The van der Waals surface area contributed by atoms with Gasteiger partial charge >= 0.3 is 6.09 Å². The van der Waals surface area contributed by atoms with Gasteiger partial charge in [-0.2, -0.15) is 4.68 Å². The molecule has 1 atom stereocenters. The van der Waals surface area contributed by atoms with Gasteiger partial charge in [-0.25, -0.2) is 22.0 Å². The molecule has 2 aromatic carbocycles. The van der Waals surface area contributed by atoms with Gasteiger partial charge in [0.05, 0.1) is 28.8 Å². The molecule has 13 nitrogen and oxygen atoms in total. The average molecular weight is 676 g/mol. The van der Waals surface area contributed by atoms with Crippen LogP contribution in [0.2, 0.25) is 0 Å². The number of methoxy groups -OCH3 is 1. The molecule has 1 aromatic heterocycles. The van der Waals surface area contributed by atoms with E-state index in [9.17, 15) is 26.8 Å². The number of benzene rings is 2. The van der Waals surface area contributed by atoms with Crippen LogP contribution in [0.5, 0.6) is 0 Å². The minimum Gasteiger partial charge on any atom is -0.451 e. The molecule has 0 saturated carbocycles. The number of carbonyl (C=O) groups is 2. The van der Waals surface area contributed by atoms with Gasteiger partial charge in [-0.05, 0) is 57.3 Å². The Bertz CT molecular complexity index is 1720. The van der Waals surface area contributed by atoms with Crippen LogP contribution in [0.1, 0.15) is 39.8 Å². The normalized spacial score (nSPS) is 16.9. The first kappa shape index (κ1) is 34.2. The second kappa shape index (κ2) is 14.3. The summed E-state index contributed by atoms with van der Waals surface area (Å²) in [6, 6.07) is 7.41. The van der Waals surface area contributed by atoms with Crippen molar-refractivity contribution < 1.29 is 36.3 Å². The van der Waals surface area contributed by atoms with Crippen LogP contribution >= 0.6 is 0 Å². The van der Waals surface area contributed by atoms with E-state index in [1.165, 1.54) is 0 Å². The second-order valence-electron chi connectivity index (χ2n) is 11.8. The number of carbonyl (C=O) groups excluding carboxylic acids is 2. The summed E-state index contributed by atoms with van der Waals surface area (Å²) in [6.45, 7) is 2.81. The maximum absolute atomic E-state index is 14.1. The number of rotatable bonds is 10. The Morgan fingerprint density at radius 1 is 1.09 bits per heavy atom. The lowest BCUT2D eigenvalue weighted by atomic mass is 10.1. The number of nitrogens with one attached hydrogen (secondary N) is 3. The number of sulfone groups is 1. The number of halogens is 2. The van der Waals surface area contributed by atoms with Crippen molar-refractivity contribution in [2.75, 3.05) is 76.6 Å². The molecule has 1 amide bonds. The highest BCUT2D eigenvalue weighted by atomic mass is 32.2. The van der Waals surface area contributed by atoms with E-state index in [0.717, 1.165) is 43.4 Å². The van der Waals surface area contributed by atoms with Gasteiger partial charge in [-0.3, -0.25) is 10.1 Å². The molecule has 0 radical (unpaired) electrons. The first-order valence-electron chi connectivity index (χ1n) is 15.2. The number of hydrogen-bond acceptors (Lipinski definition) is 11. The van der Waals surface area contributed by atoms with Crippen LogP contribution < -0.4 is 20.9 Å². The molecule has 3 heterocycles. The summed E-state index contributed by atoms with van der Waals surface area (Å²) in [7, 11) is 2.58. The molecular formula is C31H39F2N7O6S. The predicted molar refractivity (Wildman–Crippen MR) is 172 cm³/mol. The Balaban J connectivity index is 1.54. The summed E-state index contributed by atoms with van der Waals surface area (Å²) < 4.78 is 67.1. The zero-order chi connectivity index (χ0) is 33.9. The van der Waals surface area contributed by atoms with E-state index in [4.69, 9.17) is 9.47 Å². The monoisotopic (exact) mass is 675 g/mol. The average Bonchev–Trinajstić information content (AvgIpc) is 3.41. The van der Waals surface area contributed by atoms with Gasteiger partial charge in [-0.15, -0.1) is 5.10 Å². The molecule has 0 aliphatic carbocycles. The van der Waals surface area contributed by atoms with Gasteiger partial charge in [0.1, 0.15) is 17.0 Å². The fourth-order valence-corrected chi connectivity index (χ4v) is 7.35. The maximum atomic E-state index is 14.1. The van der Waals surface area contributed by atoms with E-state index >= 15 is 0 Å². The molecule has 3 N–H and O–H groups in total. The van der Waals surface area contributed by atoms with Crippen LogP contribution in [-0.4, -0.2) is 102 Å². The summed E-state index contributed by atoms with van der Waals surface area (Å²) in [5.74, 6) is -2.97. The Hall–Kier alpha value is -4.12. The SMILES string of the molecule is COC(=O)n1nc(NC(=O)c2ccc(N(C)CCN(C)C)cc2NC2CCOCC2)c2c1CCNC2S(=O)(=O)c1cc(F)cc(F)c1. The van der Waals surface area contributed by atoms with Crippen molar-refractivity contribution in [3.63, 3.8) is 0 Å². The molecule has 16 heteroatoms. The van der Waals surface area contributed by atoms with E-state index in [1.54, 1.807) is 6.07 Å². The number of nitrogens with zero attached hydrogens (tertiary/aromatic N) is 4. The van der Waals surface area contributed by atoms with E-state index < -0.39 is 43.7 Å². The van der Waals surface area contributed by atoms with Crippen LogP contribution in [0.15, 0.2) is 41.3 Å². The van der Waals surface area contributed by atoms with Crippen LogP contribution in [0.4, 0.5) is 30.8 Å². The van der Waals surface area contributed by atoms with Crippen LogP contribution in [0.3, 0.4) is 0 Å². The van der Waals surface area contributed by atoms with Crippen molar-refractivity contribution in [1.82, 2.24) is 20.0 Å². The lowest BCUT2D eigenvalue weighted by Gasteiger charge is -2.27. The molecule has 47 heavy (non-hydrogen) atoms. The van der Waals surface area contributed by atoms with Gasteiger partial charge in [-0.1, -0.05) is 0 Å². The van der Waals surface area contributed by atoms with Crippen LogP contribution in [0.25, 0.3) is 0 Å². The highest BCUT2D eigenvalue weighted by molar-refractivity contribution is 7.91. The summed E-state index contributed by atoms with van der Waals surface area (Å²) in [6.07, 6.45) is 0.736. The van der Waals surface area contributed by atoms with Crippen molar-refractivity contribution in [3.05, 3.63) is 64.9 Å². The molecule has 5 rings (SSSR count). The second-order valence-corrected chi connectivity index (χ2v) is 13.8. The number of hydrogen-bond donors (Lipinski definition) is 3. The van der Waals surface area contributed by atoms with Gasteiger partial charge < -0.3 is 29.9 Å². The van der Waals surface area contributed by atoms with Crippen LogP contribution in [-0.2, 0) is 25.7 Å². The number of ether oxygens (including phenoxy) is 2. The zero-order valence-electron chi connectivity index (χ0n) is 26.7. The third-order valence-electron chi connectivity index (χ3n) is 8.18. The third-order valence-corrected chi connectivity index (χ3v) is 10.1. The quantitative estimate of drug-likeness (QED) is 0.291. The summed E-state index contributed by atoms with van der Waals surface area (Å²) in [5, 5.41) is 11.7. The van der Waals surface area contributed by atoms with Crippen LogP contribution in [0, 0.1) is 11.6 Å². The molecule has 2 aliphatic rings. The predicted octanol–water partition coefficient (Wildman–Crippen LogP) is 3.24. The van der Waals surface area contributed by atoms with Crippen molar-refractivity contribution in [1.29, 1.82) is 0 Å². The lowest BCUT2D eigenvalue weighted by molar-refractivity contribution is 0.0904. The summed E-state index contributed by atoms with van der Waals surface area (Å²) >= 11 is 0. The molecule has 0 bridgehead atoms. The summed E-state index contributed by atoms with van der Waals surface area (Å²) in [5.41, 5.74) is 1.84. The smallest absolute Gasteiger partial charge is 0.434 e. The van der Waals surface area contributed by atoms with Gasteiger partial charge in [0.15, 0.2) is 15.7 Å². The Kier molecular flexibility index (Phi) is 10.4. The van der Waals surface area contributed by atoms with Crippen molar-refractivity contribution in [3.8, 4) is 0 Å². The highest BCUT2D eigenvalue weighted by Crippen LogP contribution is 2.38. The van der Waals surface area contributed by atoms with E-state index in [-0.39, 0.29) is 41.6 Å². The number of fused-ring (bicyclic) bond motifs is 1.